The van der Waals surface area contributed by atoms with Crippen LogP contribution in [0.15, 0.2) is 0 Å². The van der Waals surface area contributed by atoms with Gasteiger partial charge in [0.15, 0.2) is 6.10 Å². The third kappa shape index (κ3) is 1.20. The van der Waals surface area contributed by atoms with Gasteiger partial charge in [-0.05, 0) is 5.41 Å². The summed E-state index contributed by atoms with van der Waals surface area (Å²) in [6, 6.07) is 0. The zero-order valence-electron chi connectivity index (χ0n) is 13.0. The van der Waals surface area contributed by atoms with Gasteiger partial charge in [-0.25, -0.2) is 4.79 Å². The maximum absolute atomic E-state index is 12.6. The fourth-order valence-corrected chi connectivity index (χ4v) is 5.15. The molecule has 4 rings (SSSR count). The number of aliphatic hydroxyl groups excluding tert-OH is 1. The molecule has 8 nitrogen and oxygen atoms in total. The lowest BCUT2D eigenvalue weighted by atomic mass is 9.52. The molecule has 23 heavy (non-hydrogen) atoms. The van der Waals surface area contributed by atoms with E-state index in [4.69, 9.17) is 14.2 Å². The van der Waals surface area contributed by atoms with Crippen LogP contribution in [0.25, 0.3) is 0 Å². The Kier molecular flexibility index (Phi) is 2.39. The predicted octanol–water partition coefficient (Wildman–Crippen LogP) is -0.744. The van der Waals surface area contributed by atoms with Gasteiger partial charge in [0.1, 0.15) is 16.9 Å². The number of ether oxygens (including phenoxy) is 3. The topological polar surface area (TPSA) is 119 Å². The fourth-order valence-electron chi connectivity index (χ4n) is 5.15. The van der Waals surface area contributed by atoms with Crippen LogP contribution in [-0.2, 0) is 28.6 Å². The predicted molar refractivity (Wildman–Crippen MR) is 70.4 cm³/mol. The van der Waals surface area contributed by atoms with Gasteiger partial charge in [0.05, 0.1) is 12.0 Å². The molecular weight excluding hydrogens is 308 g/mol. The highest BCUT2D eigenvalue weighted by atomic mass is 16.7. The molecule has 3 saturated heterocycles. The molecule has 0 radical (unpaired) electrons. The quantitative estimate of drug-likeness (QED) is 0.558. The molecule has 0 aromatic heterocycles. The van der Waals surface area contributed by atoms with Crippen LogP contribution in [0.3, 0.4) is 0 Å². The number of carbonyl (C=O) groups excluding carboxylic acids is 3. The Balaban J connectivity index is 2.05. The van der Waals surface area contributed by atoms with Crippen molar-refractivity contribution in [3.8, 4) is 0 Å². The van der Waals surface area contributed by atoms with Crippen molar-refractivity contribution in [3.63, 3.8) is 0 Å². The van der Waals surface area contributed by atoms with E-state index in [-0.39, 0.29) is 12.8 Å². The molecule has 3 aliphatic heterocycles. The molecule has 2 N–H and O–H groups in total. The monoisotopic (exact) mass is 326 g/mol. The molecule has 126 valence electrons. The van der Waals surface area contributed by atoms with Crippen LogP contribution in [0.2, 0.25) is 0 Å². The minimum absolute atomic E-state index is 0.0679. The number of hydrogen-bond donors (Lipinski definition) is 2. The van der Waals surface area contributed by atoms with Gasteiger partial charge in [0.25, 0.3) is 6.29 Å². The van der Waals surface area contributed by atoms with Crippen molar-refractivity contribution < 1.29 is 38.8 Å². The Morgan fingerprint density at radius 1 is 1.13 bits per heavy atom. The lowest BCUT2D eigenvalue weighted by molar-refractivity contribution is -0.224. The van der Waals surface area contributed by atoms with E-state index in [1.165, 1.54) is 0 Å². The first kappa shape index (κ1) is 14.9. The Hall–Kier alpha value is -1.67. The highest BCUT2D eigenvalue weighted by Crippen LogP contribution is 2.75. The van der Waals surface area contributed by atoms with Gasteiger partial charge in [-0.15, -0.1) is 0 Å². The summed E-state index contributed by atoms with van der Waals surface area (Å²) in [5, 5.41) is 22.2. The molecule has 0 aromatic carbocycles. The molecule has 0 amide bonds. The Morgan fingerprint density at radius 2 is 1.78 bits per heavy atom. The van der Waals surface area contributed by atoms with E-state index in [1.807, 2.05) is 0 Å². The van der Waals surface area contributed by atoms with E-state index >= 15 is 0 Å². The SMILES string of the molecule is CC(C)(C)[C@]1(O)CC2OC(=O)C[C@@]23C(=O)OC2OC(=O)[C@H](O)[C@]213. The number of aliphatic hydroxyl groups is 2. The van der Waals surface area contributed by atoms with Gasteiger partial charge in [-0.1, -0.05) is 20.8 Å². The second kappa shape index (κ2) is 3.70. The molecule has 4 fully saturated rings. The molecule has 0 aromatic rings. The van der Waals surface area contributed by atoms with Gasteiger partial charge in [-0.3, -0.25) is 9.59 Å². The average molecular weight is 326 g/mol. The smallest absolute Gasteiger partial charge is 0.339 e. The van der Waals surface area contributed by atoms with Crippen molar-refractivity contribution in [2.75, 3.05) is 0 Å². The maximum atomic E-state index is 12.6. The molecule has 8 heteroatoms. The van der Waals surface area contributed by atoms with Crippen molar-refractivity contribution in [2.24, 2.45) is 16.2 Å². The zero-order valence-corrected chi connectivity index (χ0v) is 13.0. The summed E-state index contributed by atoms with van der Waals surface area (Å²) in [7, 11) is 0. The Labute approximate surface area is 131 Å². The third-order valence-corrected chi connectivity index (χ3v) is 6.22. The number of esters is 3. The van der Waals surface area contributed by atoms with Crippen molar-refractivity contribution in [1.82, 2.24) is 0 Å². The molecular formula is C15H18O8. The lowest BCUT2D eigenvalue weighted by Gasteiger charge is -2.49. The van der Waals surface area contributed by atoms with Gasteiger partial charge in [0, 0.05) is 6.42 Å². The van der Waals surface area contributed by atoms with Gasteiger partial charge in [-0.2, -0.15) is 0 Å². The van der Waals surface area contributed by atoms with Gasteiger partial charge >= 0.3 is 17.9 Å². The first-order valence-electron chi connectivity index (χ1n) is 7.54. The molecule has 1 saturated carbocycles. The summed E-state index contributed by atoms with van der Waals surface area (Å²) >= 11 is 0. The van der Waals surface area contributed by atoms with Crippen LogP contribution in [0.5, 0.6) is 0 Å². The molecule has 6 atom stereocenters. The van der Waals surface area contributed by atoms with E-state index < -0.39 is 58.3 Å². The molecule has 4 aliphatic rings. The van der Waals surface area contributed by atoms with Crippen LogP contribution in [0.1, 0.15) is 33.6 Å². The van der Waals surface area contributed by atoms with Gasteiger partial charge in [0.2, 0.25) is 0 Å². The molecule has 3 heterocycles. The Bertz CT molecular complexity index is 650. The normalized spacial score (nSPS) is 51.0. The van der Waals surface area contributed by atoms with Crippen LogP contribution >= 0.6 is 0 Å². The third-order valence-electron chi connectivity index (χ3n) is 6.22. The first-order valence-corrected chi connectivity index (χ1v) is 7.54. The number of carbonyl (C=O) groups is 3. The van der Waals surface area contributed by atoms with E-state index in [0.29, 0.717) is 0 Å². The molecule has 1 aliphatic carbocycles. The maximum Gasteiger partial charge on any atom is 0.339 e. The van der Waals surface area contributed by atoms with Gasteiger partial charge < -0.3 is 24.4 Å². The summed E-state index contributed by atoms with van der Waals surface area (Å²) in [6.07, 6.45) is -4.58. The minimum Gasteiger partial charge on any atom is -0.461 e. The van der Waals surface area contributed by atoms with Crippen molar-refractivity contribution in [3.05, 3.63) is 0 Å². The number of rotatable bonds is 0. The fraction of sp³-hybridized carbons (Fsp3) is 0.800. The Morgan fingerprint density at radius 3 is 2.39 bits per heavy atom. The standard InChI is InChI=1S/C15H18O8/c1-12(2,3)14(20)4-6-13(5-7(16)21-6)10(19)23-11-15(13,14)8(17)9(18)22-11/h6,8,11,17,20H,4-5H2,1-3H3/t6?,8-,11?,13-,14+,15+/m0/s1. The van der Waals surface area contributed by atoms with Crippen molar-refractivity contribution in [1.29, 1.82) is 0 Å². The molecule has 2 spiro atoms. The van der Waals surface area contributed by atoms with Crippen LogP contribution < -0.4 is 0 Å². The summed E-state index contributed by atoms with van der Waals surface area (Å²) in [5.41, 5.74) is -5.91. The van der Waals surface area contributed by atoms with Crippen molar-refractivity contribution in [2.45, 2.75) is 57.7 Å². The largest absolute Gasteiger partial charge is 0.461 e. The van der Waals surface area contributed by atoms with E-state index in [2.05, 4.69) is 0 Å². The highest BCUT2D eigenvalue weighted by molar-refractivity contribution is 5.94. The van der Waals surface area contributed by atoms with Crippen LogP contribution in [0.4, 0.5) is 0 Å². The second-order valence-corrected chi connectivity index (χ2v) is 7.89. The first-order chi connectivity index (χ1) is 10.5. The van der Waals surface area contributed by atoms with E-state index in [1.54, 1.807) is 20.8 Å². The zero-order chi connectivity index (χ0) is 17.0. The highest BCUT2D eigenvalue weighted by Gasteiger charge is 2.92. The molecule has 2 unspecified atom stereocenters. The molecule has 0 bridgehead atoms. The van der Waals surface area contributed by atoms with Crippen molar-refractivity contribution >= 4 is 17.9 Å². The van der Waals surface area contributed by atoms with Crippen LogP contribution in [0, 0.1) is 16.2 Å². The van der Waals surface area contributed by atoms with E-state index in [0.717, 1.165) is 0 Å². The van der Waals surface area contributed by atoms with Crippen LogP contribution in [-0.4, -0.2) is 52.2 Å². The van der Waals surface area contributed by atoms with E-state index in [9.17, 15) is 24.6 Å². The lowest BCUT2D eigenvalue weighted by Crippen LogP contribution is -2.65. The summed E-state index contributed by atoms with van der Waals surface area (Å²) < 4.78 is 15.5. The summed E-state index contributed by atoms with van der Waals surface area (Å²) in [5.74, 6) is -2.36. The average Bonchev–Trinajstić information content (AvgIpc) is 3.00. The minimum atomic E-state index is -1.78. The number of hydrogen-bond acceptors (Lipinski definition) is 8. The second-order valence-electron chi connectivity index (χ2n) is 7.89. The summed E-state index contributed by atoms with van der Waals surface area (Å²) in [6.45, 7) is 5.19. The summed E-state index contributed by atoms with van der Waals surface area (Å²) in [4.78, 5) is 36.5.